The van der Waals surface area contributed by atoms with E-state index in [-0.39, 0.29) is 24.3 Å². The fraction of sp³-hybridized carbons (Fsp3) is 0.917. The molecule has 0 bridgehead atoms. The van der Waals surface area contributed by atoms with Gasteiger partial charge < -0.3 is 18.9 Å². The van der Waals surface area contributed by atoms with Crippen LogP contribution in [-0.4, -0.2) is 43.2 Å². The van der Waals surface area contributed by atoms with E-state index in [1.54, 1.807) is 6.92 Å². The van der Waals surface area contributed by atoms with Gasteiger partial charge in [-0.05, 0) is 13.8 Å². The topological polar surface area (TPSA) is 63.2 Å². The van der Waals surface area contributed by atoms with E-state index in [0.717, 1.165) is 0 Å². The van der Waals surface area contributed by atoms with Crippen LogP contribution >= 0.6 is 0 Å². The zero-order valence-corrected chi connectivity index (χ0v) is 11.2. The van der Waals surface area contributed by atoms with E-state index in [9.17, 15) is 4.79 Å². The third-order valence-electron chi connectivity index (χ3n) is 3.06. The van der Waals surface area contributed by atoms with Crippen LogP contribution in [0.2, 0.25) is 0 Å². The molecule has 0 aromatic rings. The molecule has 3 unspecified atom stereocenters. The third kappa shape index (κ3) is 2.83. The number of rotatable bonds is 3. The van der Waals surface area contributed by atoms with Crippen molar-refractivity contribution in [3.63, 3.8) is 0 Å². The molecular weight excluding hydrogens is 240 g/mol. The van der Waals surface area contributed by atoms with Gasteiger partial charge in [-0.25, -0.2) is 0 Å². The molecule has 104 valence electrons. The summed E-state index contributed by atoms with van der Waals surface area (Å²) >= 11 is 0. The molecule has 0 radical (unpaired) electrons. The predicted octanol–water partition coefficient (Wildman–Crippen LogP) is 1.18. The maximum Gasteiger partial charge on any atom is 0.302 e. The summed E-state index contributed by atoms with van der Waals surface area (Å²) in [5.74, 6) is -1.39. The van der Waals surface area contributed by atoms with Crippen LogP contribution < -0.4 is 0 Å². The van der Waals surface area contributed by atoms with Gasteiger partial charge in [0.05, 0.1) is 6.10 Å². The van der Waals surface area contributed by atoms with Gasteiger partial charge in [0.2, 0.25) is 0 Å². The van der Waals surface area contributed by atoms with Gasteiger partial charge in [0.1, 0.15) is 12.2 Å². The molecule has 18 heavy (non-hydrogen) atoms. The number of esters is 1. The molecule has 0 amide bonds. The Morgan fingerprint density at radius 2 is 2.17 bits per heavy atom. The van der Waals surface area contributed by atoms with E-state index in [1.165, 1.54) is 6.92 Å². The van der Waals surface area contributed by atoms with Gasteiger partial charge in [-0.15, -0.1) is 0 Å². The molecular formula is C12H20O6. The summed E-state index contributed by atoms with van der Waals surface area (Å²) in [5.41, 5.74) is 0. The summed E-state index contributed by atoms with van der Waals surface area (Å²) in [6.07, 6.45) is -0.724. The number of hydrogen-bond acceptors (Lipinski definition) is 6. The highest BCUT2D eigenvalue weighted by Crippen LogP contribution is 2.37. The first-order valence-electron chi connectivity index (χ1n) is 6.26. The van der Waals surface area contributed by atoms with Crippen LogP contribution in [0.4, 0.5) is 0 Å². The van der Waals surface area contributed by atoms with Crippen LogP contribution in [0.3, 0.4) is 0 Å². The van der Waals surface area contributed by atoms with Crippen LogP contribution in [0.25, 0.3) is 0 Å². The van der Waals surface area contributed by atoms with Gasteiger partial charge in [0.15, 0.2) is 6.29 Å². The molecule has 0 N–H and O–H groups in total. The van der Waals surface area contributed by atoms with Crippen LogP contribution in [0, 0.1) is 0 Å². The first kappa shape index (κ1) is 13.7. The van der Waals surface area contributed by atoms with Gasteiger partial charge >= 0.3 is 5.97 Å². The van der Waals surface area contributed by atoms with Gasteiger partial charge in [-0.3, -0.25) is 9.53 Å². The maximum absolute atomic E-state index is 11.0. The molecule has 5 atom stereocenters. The minimum atomic E-state index is -1.07. The van der Waals surface area contributed by atoms with E-state index in [2.05, 4.69) is 0 Å². The zero-order chi connectivity index (χ0) is 13.3. The Morgan fingerprint density at radius 3 is 2.78 bits per heavy atom. The first-order valence-corrected chi connectivity index (χ1v) is 6.26. The van der Waals surface area contributed by atoms with E-state index >= 15 is 0 Å². The summed E-state index contributed by atoms with van der Waals surface area (Å²) < 4.78 is 27.6. The van der Waals surface area contributed by atoms with E-state index < -0.39 is 12.3 Å². The fourth-order valence-electron chi connectivity index (χ4n) is 2.33. The largest absolute Gasteiger partial charge is 0.460 e. The van der Waals surface area contributed by atoms with Gasteiger partial charge in [0, 0.05) is 26.9 Å². The first-order chi connectivity index (χ1) is 8.43. The van der Waals surface area contributed by atoms with Crippen molar-refractivity contribution in [2.75, 3.05) is 6.61 Å². The highest BCUT2D eigenvalue weighted by molar-refractivity contribution is 5.66. The average Bonchev–Trinajstić information content (AvgIpc) is 2.54. The van der Waals surface area contributed by atoms with Crippen LogP contribution in [-0.2, 0) is 28.5 Å². The van der Waals surface area contributed by atoms with Gasteiger partial charge in [-0.2, -0.15) is 0 Å². The second-order valence-electron chi connectivity index (χ2n) is 4.66. The van der Waals surface area contributed by atoms with Crippen molar-refractivity contribution in [3.05, 3.63) is 0 Å². The van der Waals surface area contributed by atoms with Crippen molar-refractivity contribution in [1.29, 1.82) is 0 Å². The van der Waals surface area contributed by atoms with Crippen LogP contribution in [0.5, 0.6) is 0 Å². The molecule has 0 saturated carbocycles. The molecule has 2 fully saturated rings. The van der Waals surface area contributed by atoms with Crippen molar-refractivity contribution in [2.45, 2.75) is 64.7 Å². The van der Waals surface area contributed by atoms with Crippen molar-refractivity contribution < 1.29 is 28.5 Å². The number of fused-ring (bicyclic) bond motifs is 1. The zero-order valence-electron chi connectivity index (χ0n) is 11.2. The lowest BCUT2D eigenvalue weighted by atomic mass is 10.0. The summed E-state index contributed by atoms with van der Waals surface area (Å²) in [6, 6.07) is 0. The lowest BCUT2D eigenvalue weighted by Gasteiger charge is -2.33. The Balaban J connectivity index is 1.99. The summed E-state index contributed by atoms with van der Waals surface area (Å²) in [5, 5.41) is 0. The Hall–Kier alpha value is -0.690. The van der Waals surface area contributed by atoms with Crippen LogP contribution in [0.15, 0.2) is 0 Å². The van der Waals surface area contributed by atoms with Gasteiger partial charge in [-0.1, -0.05) is 0 Å². The predicted molar refractivity (Wildman–Crippen MR) is 60.5 cm³/mol. The molecule has 2 heterocycles. The Morgan fingerprint density at radius 1 is 1.44 bits per heavy atom. The molecule has 2 aliphatic rings. The molecule has 0 aromatic heterocycles. The smallest absolute Gasteiger partial charge is 0.302 e. The molecule has 6 nitrogen and oxygen atoms in total. The number of ether oxygens (including phenoxy) is 5. The Kier molecular flexibility index (Phi) is 3.91. The average molecular weight is 260 g/mol. The molecule has 2 aliphatic heterocycles. The minimum Gasteiger partial charge on any atom is -0.460 e. The summed E-state index contributed by atoms with van der Waals surface area (Å²) in [6.45, 7) is 7.30. The maximum atomic E-state index is 11.0. The molecule has 6 heteroatoms. The van der Waals surface area contributed by atoms with Crippen molar-refractivity contribution in [3.8, 4) is 0 Å². The monoisotopic (exact) mass is 260 g/mol. The van der Waals surface area contributed by atoms with E-state index in [0.29, 0.717) is 13.0 Å². The molecule has 2 rings (SSSR count). The standard InChI is InChI=1S/C12H20O6/c1-5-14-12(4)17-10-6-9(16-8(3)13)7(2)15-11(10)18-12/h7,9-11H,5-6H2,1-4H3/t7-,9?,10+,11?,12?/m0/s1. The quantitative estimate of drug-likeness (QED) is 0.710. The highest BCUT2D eigenvalue weighted by atomic mass is 16.9. The lowest BCUT2D eigenvalue weighted by molar-refractivity contribution is -0.341. The normalized spacial score (nSPS) is 43.6. The molecule has 0 aromatic carbocycles. The SMILES string of the molecule is CCOC1(C)OC2O[C@@H](C)C(OC(C)=O)C[C@H]2O1. The van der Waals surface area contributed by atoms with E-state index in [1.807, 2.05) is 13.8 Å². The Labute approximate surface area is 106 Å². The minimum absolute atomic E-state index is 0.220. The highest BCUT2D eigenvalue weighted by Gasteiger charge is 2.51. The van der Waals surface area contributed by atoms with E-state index in [4.69, 9.17) is 23.7 Å². The fourth-order valence-corrected chi connectivity index (χ4v) is 2.33. The van der Waals surface area contributed by atoms with Crippen LogP contribution in [0.1, 0.15) is 34.1 Å². The van der Waals surface area contributed by atoms with Crippen molar-refractivity contribution in [2.24, 2.45) is 0 Å². The Bertz CT molecular complexity index is 320. The number of hydrogen-bond donors (Lipinski definition) is 0. The third-order valence-corrected chi connectivity index (χ3v) is 3.06. The second-order valence-corrected chi connectivity index (χ2v) is 4.66. The summed E-state index contributed by atoms with van der Waals surface area (Å²) in [4.78, 5) is 11.0. The summed E-state index contributed by atoms with van der Waals surface area (Å²) in [7, 11) is 0. The number of carbonyl (C=O) groups is 1. The molecule has 0 aliphatic carbocycles. The number of carbonyl (C=O) groups excluding carboxylic acids is 1. The molecule has 2 saturated heterocycles. The molecule has 0 spiro atoms. The van der Waals surface area contributed by atoms with Gasteiger partial charge in [0.25, 0.3) is 5.97 Å². The van der Waals surface area contributed by atoms with Crippen molar-refractivity contribution in [1.82, 2.24) is 0 Å². The lowest BCUT2D eigenvalue weighted by Crippen LogP contribution is -2.46. The van der Waals surface area contributed by atoms with Crippen molar-refractivity contribution >= 4 is 5.97 Å². The second kappa shape index (κ2) is 5.13.